The van der Waals surface area contributed by atoms with Gasteiger partial charge in [0.1, 0.15) is 5.75 Å². The standard InChI is InChI=1S/C9H7F3O4S.C7H5BrClNO/c10-9(11,12)16-8-3-1-7(2-4-8)5-6-17(13,14)15;8-4-1-2-5(7(10)11)6(9)3-4/h1-6H,(H,13,14,15);1-3H,(H2,10,11). The minimum absolute atomic E-state index is 0.303. The predicted octanol–water partition coefficient (Wildman–Crippen LogP) is 4.65. The molecule has 152 valence electrons. The second-order valence-electron chi connectivity index (χ2n) is 4.92. The van der Waals surface area contributed by atoms with Gasteiger partial charge < -0.3 is 10.5 Å². The van der Waals surface area contributed by atoms with Crippen LogP contribution in [0, 0.1) is 0 Å². The number of nitrogens with two attached hydrogens (primary N) is 1. The van der Waals surface area contributed by atoms with Crippen LogP contribution in [0.25, 0.3) is 6.08 Å². The lowest BCUT2D eigenvalue weighted by atomic mass is 10.2. The molecule has 12 heteroatoms. The third-order valence-corrected chi connectivity index (χ3v) is 4.03. The lowest BCUT2D eigenvalue weighted by Crippen LogP contribution is -2.16. The summed E-state index contributed by atoms with van der Waals surface area (Å²) in [6, 6.07) is 9.39. The molecule has 2 rings (SSSR count). The zero-order valence-corrected chi connectivity index (χ0v) is 16.8. The quantitative estimate of drug-likeness (QED) is 0.592. The normalized spacial score (nSPS) is 11.6. The molecule has 2 aromatic rings. The Hall–Kier alpha value is -2.08. The van der Waals surface area contributed by atoms with Gasteiger partial charge in [-0.25, -0.2) is 0 Å². The van der Waals surface area contributed by atoms with Crippen LogP contribution in [0.2, 0.25) is 5.02 Å². The lowest BCUT2D eigenvalue weighted by Gasteiger charge is -2.08. The Bertz CT molecular complexity index is 963. The molecular formula is C16H12BrClF3NO5S. The van der Waals surface area contributed by atoms with Crippen molar-refractivity contribution < 1.29 is 35.7 Å². The van der Waals surface area contributed by atoms with Crippen LogP contribution < -0.4 is 10.5 Å². The van der Waals surface area contributed by atoms with Crippen molar-refractivity contribution in [1.82, 2.24) is 0 Å². The number of alkyl halides is 3. The molecule has 0 atom stereocenters. The van der Waals surface area contributed by atoms with Gasteiger partial charge in [0.15, 0.2) is 0 Å². The number of hydrogen-bond acceptors (Lipinski definition) is 4. The first kappa shape index (κ1) is 24.0. The van der Waals surface area contributed by atoms with E-state index in [1.807, 2.05) is 0 Å². The molecule has 0 aliphatic carbocycles. The summed E-state index contributed by atoms with van der Waals surface area (Å²) in [5.41, 5.74) is 5.67. The van der Waals surface area contributed by atoms with Crippen LogP contribution in [0.4, 0.5) is 13.2 Å². The van der Waals surface area contributed by atoms with Gasteiger partial charge in [-0.3, -0.25) is 9.35 Å². The summed E-state index contributed by atoms with van der Waals surface area (Å²) < 4.78 is 68.9. The molecule has 3 N–H and O–H groups in total. The molecule has 0 aliphatic heterocycles. The number of rotatable bonds is 4. The molecule has 0 aliphatic rings. The van der Waals surface area contributed by atoms with Gasteiger partial charge in [-0.2, -0.15) is 8.42 Å². The lowest BCUT2D eigenvalue weighted by molar-refractivity contribution is -0.274. The number of halogens is 5. The monoisotopic (exact) mass is 501 g/mol. The van der Waals surface area contributed by atoms with Gasteiger partial charge in [-0.15, -0.1) is 13.2 Å². The third kappa shape index (κ3) is 9.74. The predicted molar refractivity (Wildman–Crippen MR) is 101 cm³/mol. The Kier molecular flexibility index (Phi) is 8.48. The van der Waals surface area contributed by atoms with Crippen LogP contribution in [0.3, 0.4) is 0 Å². The van der Waals surface area contributed by atoms with E-state index in [1.54, 1.807) is 18.2 Å². The fraction of sp³-hybridized carbons (Fsp3) is 0.0625. The molecule has 1 amide bonds. The highest BCUT2D eigenvalue weighted by molar-refractivity contribution is 9.10. The van der Waals surface area contributed by atoms with Gasteiger partial charge in [0.25, 0.3) is 10.1 Å². The molecule has 0 saturated heterocycles. The van der Waals surface area contributed by atoms with Crippen molar-refractivity contribution in [3.63, 3.8) is 0 Å². The second-order valence-corrected chi connectivity index (χ2v) is 7.55. The Morgan fingerprint density at radius 3 is 2.18 bits per heavy atom. The first-order chi connectivity index (χ1) is 12.8. The zero-order valence-electron chi connectivity index (χ0n) is 13.7. The van der Waals surface area contributed by atoms with Crippen molar-refractivity contribution in [2.75, 3.05) is 0 Å². The maximum Gasteiger partial charge on any atom is 0.573 e. The molecule has 0 bridgehead atoms. The van der Waals surface area contributed by atoms with Gasteiger partial charge in [0.2, 0.25) is 5.91 Å². The number of carbonyl (C=O) groups is 1. The van der Waals surface area contributed by atoms with E-state index in [0.29, 0.717) is 21.6 Å². The van der Waals surface area contributed by atoms with Crippen molar-refractivity contribution in [2.24, 2.45) is 5.73 Å². The smallest absolute Gasteiger partial charge is 0.406 e. The molecule has 0 fully saturated rings. The largest absolute Gasteiger partial charge is 0.573 e. The van der Waals surface area contributed by atoms with Gasteiger partial charge in [-0.1, -0.05) is 39.7 Å². The van der Waals surface area contributed by atoms with Crippen molar-refractivity contribution in [3.8, 4) is 5.75 Å². The molecule has 2 aromatic carbocycles. The maximum atomic E-state index is 11.8. The van der Waals surface area contributed by atoms with E-state index < -0.39 is 28.1 Å². The summed E-state index contributed by atoms with van der Waals surface area (Å²) in [7, 11) is -4.25. The Morgan fingerprint density at radius 2 is 1.75 bits per heavy atom. The number of ether oxygens (including phenoxy) is 1. The first-order valence-corrected chi connectivity index (χ1v) is 9.70. The van der Waals surface area contributed by atoms with Gasteiger partial charge >= 0.3 is 6.36 Å². The first-order valence-electron chi connectivity index (χ1n) is 7.03. The van der Waals surface area contributed by atoms with E-state index in [4.69, 9.17) is 21.9 Å². The Balaban J connectivity index is 0.000000307. The van der Waals surface area contributed by atoms with Crippen molar-refractivity contribution in [1.29, 1.82) is 0 Å². The van der Waals surface area contributed by atoms with Crippen LogP contribution in [0.15, 0.2) is 52.3 Å². The topological polar surface area (TPSA) is 107 Å². The average molecular weight is 503 g/mol. The summed E-state index contributed by atoms with van der Waals surface area (Å²) in [4.78, 5) is 10.7. The van der Waals surface area contributed by atoms with E-state index in [-0.39, 0.29) is 0 Å². The van der Waals surface area contributed by atoms with Crippen molar-refractivity contribution in [3.05, 3.63) is 68.5 Å². The minimum Gasteiger partial charge on any atom is -0.406 e. The minimum atomic E-state index is -4.77. The molecule has 6 nitrogen and oxygen atoms in total. The zero-order chi connectivity index (χ0) is 21.5. The molecule has 0 unspecified atom stereocenters. The molecule has 0 spiro atoms. The number of hydrogen-bond donors (Lipinski definition) is 2. The summed E-state index contributed by atoms with van der Waals surface area (Å²) in [5, 5.41) is 0.888. The SMILES string of the molecule is NC(=O)c1ccc(Br)cc1Cl.O=S(=O)(O)C=Cc1ccc(OC(F)(F)F)cc1. The van der Waals surface area contributed by atoms with Crippen molar-refractivity contribution in [2.45, 2.75) is 6.36 Å². The second kappa shape index (κ2) is 9.92. The summed E-state index contributed by atoms with van der Waals surface area (Å²) >= 11 is 8.90. The van der Waals surface area contributed by atoms with Crippen LogP contribution in [-0.2, 0) is 10.1 Å². The van der Waals surface area contributed by atoms with Crippen LogP contribution in [0.1, 0.15) is 15.9 Å². The van der Waals surface area contributed by atoms with Crippen LogP contribution in [-0.4, -0.2) is 25.2 Å². The number of amides is 1. The summed E-state index contributed by atoms with van der Waals surface area (Å²) in [6.07, 6.45) is -3.74. The highest BCUT2D eigenvalue weighted by atomic mass is 79.9. The maximum absolute atomic E-state index is 11.8. The Morgan fingerprint density at radius 1 is 1.18 bits per heavy atom. The third-order valence-electron chi connectivity index (χ3n) is 2.74. The molecule has 0 aromatic heterocycles. The van der Waals surface area contributed by atoms with E-state index in [0.717, 1.165) is 22.7 Å². The van der Waals surface area contributed by atoms with Gasteiger partial charge in [0, 0.05) is 4.47 Å². The van der Waals surface area contributed by atoms with E-state index in [1.165, 1.54) is 12.1 Å². The molecule has 28 heavy (non-hydrogen) atoms. The van der Waals surface area contributed by atoms with Crippen LogP contribution in [0.5, 0.6) is 5.75 Å². The molecule has 0 heterocycles. The summed E-state index contributed by atoms with van der Waals surface area (Å²) in [6.45, 7) is 0. The molecular weight excluding hydrogens is 491 g/mol. The number of primary amides is 1. The highest BCUT2D eigenvalue weighted by Gasteiger charge is 2.30. The van der Waals surface area contributed by atoms with Gasteiger partial charge in [-0.05, 0) is 42.0 Å². The van der Waals surface area contributed by atoms with E-state index in [2.05, 4.69) is 20.7 Å². The molecule has 0 saturated carbocycles. The molecule has 0 radical (unpaired) electrons. The summed E-state index contributed by atoms with van der Waals surface area (Å²) in [5.74, 6) is -0.927. The van der Waals surface area contributed by atoms with E-state index in [9.17, 15) is 26.4 Å². The number of carbonyl (C=O) groups excluding carboxylic acids is 1. The van der Waals surface area contributed by atoms with Crippen molar-refractivity contribution >= 4 is 49.6 Å². The fourth-order valence-electron chi connectivity index (χ4n) is 1.63. The highest BCUT2D eigenvalue weighted by Crippen LogP contribution is 2.23. The van der Waals surface area contributed by atoms with Crippen LogP contribution >= 0.6 is 27.5 Å². The Labute approximate surface area is 171 Å². The average Bonchev–Trinajstić information content (AvgIpc) is 2.52. The fourth-order valence-corrected chi connectivity index (χ4v) is 2.73. The number of benzene rings is 2. The van der Waals surface area contributed by atoms with E-state index >= 15 is 0 Å². The van der Waals surface area contributed by atoms with Gasteiger partial charge in [0.05, 0.1) is 16.0 Å².